The van der Waals surface area contributed by atoms with E-state index in [2.05, 4.69) is 15.2 Å². The number of hydrogen-bond donors (Lipinski definition) is 0. The van der Waals surface area contributed by atoms with Gasteiger partial charge in [-0.05, 0) is 39.7 Å². The number of fused-ring (bicyclic) bond motifs is 1. The van der Waals surface area contributed by atoms with Gasteiger partial charge in [-0.3, -0.25) is 4.68 Å². The number of rotatable bonds is 3. The fourth-order valence-corrected chi connectivity index (χ4v) is 4.42. The van der Waals surface area contributed by atoms with Gasteiger partial charge in [0, 0.05) is 42.8 Å². The lowest BCUT2D eigenvalue weighted by molar-refractivity contribution is -0.105. The molecule has 1 amide bonds. The van der Waals surface area contributed by atoms with Gasteiger partial charge in [-0.1, -0.05) is 17.3 Å². The van der Waals surface area contributed by atoms with Gasteiger partial charge in [-0.15, -0.1) is 0 Å². The van der Waals surface area contributed by atoms with E-state index < -0.39 is 11.5 Å². The van der Waals surface area contributed by atoms with Crippen LogP contribution in [0.25, 0.3) is 22.3 Å². The Bertz CT molecular complexity index is 1170. The quantitative estimate of drug-likeness (QED) is 0.537. The number of hydrogen-bond acceptors (Lipinski definition) is 6. The minimum absolute atomic E-state index is 0.0661. The van der Waals surface area contributed by atoms with Crippen LogP contribution in [0.3, 0.4) is 0 Å². The van der Waals surface area contributed by atoms with Crippen LogP contribution in [0.15, 0.2) is 28.9 Å². The van der Waals surface area contributed by atoms with Crippen molar-refractivity contribution >= 4 is 17.0 Å². The Kier molecular flexibility index (Phi) is 5.13. The molecular weight excluding hydrogens is 432 g/mol. The van der Waals surface area contributed by atoms with Crippen LogP contribution < -0.4 is 0 Å². The molecule has 0 radical (unpaired) electrons. The predicted molar refractivity (Wildman–Crippen MR) is 116 cm³/mol. The zero-order valence-corrected chi connectivity index (χ0v) is 18.9. The number of nitrogens with zero attached hydrogens (tertiary/aromatic N) is 5. The van der Waals surface area contributed by atoms with Gasteiger partial charge in [0.25, 0.3) is 5.92 Å². The molecule has 2 aliphatic rings. The third-order valence-corrected chi connectivity index (χ3v) is 6.21. The number of ether oxygens (including phenoxy) is 1. The number of piperidine rings is 1. The second kappa shape index (κ2) is 7.78. The summed E-state index contributed by atoms with van der Waals surface area (Å²) in [5.41, 5.74) is 1.01. The van der Waals surface area contributed by atoms with E-state index in [0.29, 0.717) is 37.6 Å². The summed E-state index contributed by atoms with van der Waals surface area (Å²) in [6, 6.07) is 5.34. The number of carbonyl (C=O) groups is 1. The summed E-state index contributed by atoms with van der Waals surface area (Å²) in [5.74, 6) is -1.55. The van der Waals surface area contributed by atoms with Crippen LogP contribution in [0.4, 0.5) is 13.6 Å². The molecule has 2 aromatic heterocycles. The van der Waals surface area contributed by atoms with Crippen LogP contribution in [-0.4, -0.2) is 55.5 Å². The second-order valence-corrected chi connectivity index (χ2v) is 9.98. The molecule has 5 rings (SSSR count). The molecule has 0 bridgehead atoms. The number of halogens is 2. The summed E-state index contributed by atoms with van der Waals surface area (Å²) in [6.45, 7) is 6.68. The summed E-state index contributed by atoms with van der Waals surface area (Å²) in [4.78, 5) is 18.6. The zero-order chi connectivity index (χ0) is 23.4. The number of benzene rings is 1. The summed E-state index contributed by atoms with van der Waals surface area (Å²) < 4.78 is 39.3. The van der Waals surface area contributed by atoms with E-state index in [9.17, 15) is 13.6 Å². The Morgan fingerprint density at radius 2 is 1.94 bits per heavy atom. The molecule has 0 spiro atoms. The van der Waals surface area contributed by atoms with Crippen LogP contribution in [0, 0.1) is 0 Å². The molecule has 1 saturated carbocycles. The lowest BCUT2D eigenvalue weighted by atomic mass is 9.88. The minimum Gasteiger partial charge on any atom is -0.444 e. The molecule has 1 aromatic carbocycles. The van der Waals surface area contributed by atoms with Crippen molar-refractivity contribution in [2.24, 2.45) is 0 Å². The van der Waals surface area contributed by atoms with Gasteiger partial charge in [0.15, 0.2) is 0 Å². The Morgan fingerprint density at radius 3 is 2.61 bits per heavy atom. The van der Waals surface area contributed by atoms with Crippen molar-refractivity contribution in [3.05, 3.63) is 30.3 Å². The number of amides is 1. The van der Waals surface area contributed by atoms with Gasteiger partial charge in [0.05, 0.1) is 17.8 Å². The van der Waals surface area contributed by atoms with Gasteiger partial charge in [-0.25, -0.2) is 13.6 Å². The van der Waals surface area contributed by atoms with Gasteiger partial charge in [-0.2, -0.15) is 10.1 Å². The van der Waals surface area contributed by atoms with Crippen molar-refractivity contribution in [1.29, 1.82) is 0 Å². The van der Waals surface area contributed by atoms with Gasteiger partial charge >= 0.3 is 6.09 Å². The van der Waals surface area contributed by atoms with Crippen molar-refractivity contribution in [3.63, 3.8) is 0 Å². The highest BCUT2D eigenvalue weighted by Gasteiger charge is 2.47. The van der Waals surface area contributed by atoms with Gasteiger partial charge < -0.3 is 14.2 Å². The van der Waals surface area contributed by atoms with Crippen LogP contribution in [0.1, 0.15) is 64.3 Å². The third-order valence-electron chi connectivity index (χ3n) is 6.21. The lowest BCUT2D eigenvalue weighted by Gasteiger charge is -2.35. The first kappa shape index (κ1) is 21.8. The highest BCUT2D eigenvalue weighted by molar-refractivity contribution is 5.83. The maximum atomic E-state index is 13.3. The molecule has 1 saturated heterocycles. The fourth-order valence-electron chi connectivity index (χ4n) is 4.42. The molecule has 176 valence electrons. The number of alkyl halides is 2. The Labute approximate surface area is 189 Å². The molecular formula is C23H27F2N5O3. The highest BCUT2D eigenvalue weighted by atomic mass is 19.3. The first-order valence-corrected chi connectivity index (χ1v) is 11.2. The number of carbonyl (C=O) groups excluding carboxylic acids is 1. The summed E-state index contributed by atoms with van der Waals surface area (Å²) in [5, 5.41) is 9.34. The zero-order valence-electron chi connectivity index (χ0n) is 18.9. The molecule has 8 nitrogen and oxygen atoms in total. The summed E-state index contributed by atoms with van der Waals surface area (Å²) in [7, 11) is 0. The van der Waals surface area contributed by atoms with Crippen LogP contribution >= 0.6 is 0 Å². The summed E-state index contributed by atoms with van der Waals surface area (Å²) in [6.07, 6.45) is 2.42. The van der Waals surface area contributed by atoms with E-state index >= 15 is 0 Å². The monoisotopic (exact) mass is 459 g/mol. The van der Waals surface area contributed by atoms with Gasteiger partial charge in [0.1, 0.15) is 5.60 Å². The first-order valence-electron chi connectivity index (χ1n) is 11.2. The summed E-state index contributed by atoms with van der Waals surface area (Å²) >= 11 is 0. The van der Waals surface area contributed by atoms with Crippen LogP contribution in [0.5, 0.6) is 0 Å². The van der Waals surface area contributed by atoms with E-state index in [0.717, 1.165) is 16.5 Å². The highest BCUT2D eigenvalue weighted by Crippen LogP contribution is 2.46. The standard InChI is InChI=1S/C23H27F2N5O3/c1-22(2,3)32-21(31)29-8-6-14(7-9-29)20-27-19(28-33-20)15-4-5-16-13-26-30(18(16)10-15)17-11-23(24,25)12-17/h4-5,10,13-14,17H,6-9,11-12H2,1-3H3. The maximum absolute atomic E-state index is 13.3. The lowest BCUT2D eigenvalue weighted by Crippen LogP contribution is -2.41. The smallest absolute Gasteiger partial charge is 0.410 e. The molecule has 3 aromatic rings. The fraction of sp³-hybridized carbons (Fsp3) is 0.565. The van der Waals surface area contributed by atoms with Crippen molar-refractivity contribution in [2.45, 2.75) is 69.9 Å². The molecule has 0 atom stereocenters. The Hall–Kier alpha value is -3.04. The van der Waals surface area contributed by atoms with Crippen LogP contribution in [-0.2, 0) is 4.74 Å². The van der Waals surface area contributed by atoms with Crippen molar-refractivity contribution < 1.29 is 22.8 Å². The molecule has 0 unspecified atom stereocenters. The largest absolute Gasteiger partial charge is 0.444 e. The first-order chi connectivity index (χ1) is 15.6. The molecule has 3 heterocycles. The minimum atomic E-state index is -2.61. The van der Waals surface area contributed by atoms with E-state index in [4.69, 9.17) is 9.26 Å². The number of likely N-dealkylation sites (tertiary alicyclic amines) is 1. The molecule has 2 fully saturated rings. The van der Waals surface area contributed by atoms with Gasteiger partial charge in [0.2, 0.25) is 11.7 Å². The maximum Gasteiger partial charge on any atom is 0.410 e. The van der Waals surface area contributed by atoms with E-state index in [1.807, 2.05) is 39.0 Å². The second-order valence-electron chi connectivity index (χ2n) is 9.98. The molecule has 10 heteroatoms. The van der Waals surface area contributed by atoms with Crippen LogP contribution in [0.2, 0.25) is 0 Å². The van der Waals surface area contributed by atoms with Crippen molar-refractivity contribution in [2.75, 3.05) is 13.1 Å². The van der Waals surface area contributed by atoms with E-state index in [1.54, 1.807) is 15.8 Å². The Balaban J connectivity index is 1.28. The Morgan fingerprint density at radius 1 is 1.21 bits per heavy atom. The topological polar surface area (TPSA) is 86.3 Å². The average molecular weight is 459 g/mol. The van der Waals surface area contributed by atoms with Crippen molar-refractivity contribution in [1.82, 2.24) is 24.8 Å². The molecule has 1 aliphatic carbocycles. The molecule has 1 aliphatic heterocycles. The van der Waals surface area contributed by atoms with E-state index in [-0.39, 0.29) is 30.9 Å². The SMILES string of the molecule is CC(C)(C)OC(=O)N1CCC(c2nc(-c3ccc4cnn(C5CC(F)(F)C5)c4c3)no2)CC1. The molecule has 0 N–H and O–H groups in total. The molecule has 33 heavy (non-hydrogen) atoms. The number of aromatic nitrogens is 4. The normalized spacial score (nSPS) is 19.6. The van der Waals surface area contributed by atoms with Crippen molar-refractivity contribution in [3.8, 4) is 11.4 Å². The average Bonchev–Trinajstić information content (AvgIpc) is 3.38. The predicted octanol–water partition coefficient (Wildman–Crippen LogP) is 5.17. The van der Waals surface area contributed by atoms with E-state index in [1.165, 1.54) is 0 Å². The third kappa shape index (κ3) is 4.43.